The predicted octanol–water partition coefficient (Wildman–Crippen LogP) is 4.39. The summed E-state index contributed by atoms with van der Waals surface area (Å²) < 4.78 is 9.11. The van der Waals surface area contributed by atoms with E-state index in [1.165, 1.54) is 5.69 Å². The van der Waals surface area contributed by atoms with Crippen molar-refractivity contribution in [1.82, 2.24) is 9.88 Å². The highest BCUT2D eigenvalue weighted by atomic mass is 79.9. The quantitative estimate of drug-likeness (QED) is 0.763. The van der Waals surface area contributed by atoms with Gasteiger partial charge in [0.15, 0.2) is 0 Å². The molecule has 0 fully saturated rings. The van der Waals surface area contributed by atoms with Crippen LogP contribution < -0.4 is 10.1 Å². The van der Waals surface area contributed by atoms with Gasteiger partial charge in [0.1, 0.15) is 12.4 Å². The van der Waals surface area contributed by atoms with Crippen molar-refractivity contribution < 1.29 is 4.74 Å². The van der Waals surface area contributed by atoms with E-state index in [0.29, 0.717) is 12.6 Å². The molecular weight excluding hydrogens is 328 g/mol. The molecule has 0 aliphatic heterocycles. The molecule has 0 radical (unpaired) electrons. The van der Waals surface area contributed by atoms with Gasteiger partial charge in [0, 0.05) is 22.4 Å². The Morgan fingerprint density at radius 2 is 2.00 bits per heavy atom. The van der Waals surface area contributed by atoms with Crippen LogP contribution >= 0.6 is 15.9 Å². The maximum absolute atomic E-state index is 5.79. The Morgan fingerprint density at radius 1 is 1.24 bits per heavy atom. The van der Waals surface area contributed by atoms with Crippen LogP contribution in [-0.2, 0) is 6.54 Å². The zero-order valence-electron chi connectivity index (χ0n) is 12.7. The summed E-state index contributed by atoms with van der Waals surface area (Å²) in [5.74, 6) is 0.907. The fraction of sp³-hybridized carbons (Fsp3) is 0.412. The Labute approximate surface area is 135 Å². The summed E-state index contributed by atoms with van der Waals surface area (Å²) in [5.41, 5.74) is 1.31. The molecule has 1 heterocycles. The Morgan fingerprint density at radius 3 is 2.71 bits per heavy atom. The predicted molar refractivity (Wildman–Crippen MR) is 90.8 cm³/mol. The van der Waals surface area contributed by atoms with Crippen molar-refractivity contribution in [2.75, 3.05) is 13.2 Å². The largest absolute Gasteiger partial charge is 0.492 e. The van der Waals surface area contributed by atoms with Crippen molar-refractivity contribution >= 4 is 15.9 Å². The van der Waals surface area contributed by atoms with Gasteiger partial charge in [-0.3, -0.25) is 0 Å². The van der Waals surface area contributed by atoms with E-state index in [1.807, 2.05) is 24.3 Å². The number of benzene rings is 1. The minimum Gasteiger partial charge on any atom is -0.492 e. The van der Waals surface area contributed by atoms with Crippen LogP contribution in [0.25, 0.3) is 0 Å². The summed E-state index contributed by atoms with van der Waals surface area (Å²) in [7, 11) is 0. The highest BCUT2D eigenvalue weighted by Gasteiger charge is 2.08. The van der Waals surface area contributed by atoms with E-state index in [2.05, 4.69) is 58.0 Å². The lowest BCUT2D eigenvalue weighted by Crippen LogP contribution is -2.22. The molecule has 114 valence electrons. The van der Waals surface area contributed by atoms with Crippen LogP contribution in [0.1, 0.15) is 32.0 Å². The van der Waals surface area contributed by atoms with E-state index in [1.54, 1.807) is 0 Å². The molecule has 1 aromatic carbocycles. The van der Waals surface area contributed by atoms with Crippen LogP contribution in [0.2, 0.25) is 0 Å². The van der Waals surface area contributed by atoms with E-state index >= 15 is 0 Å². The molecule has 0 bridgehead atoms. The SMILES string of the molecule is CCCNC(C)c1cccn1CCOc1ccc(Br)cc1. The minimum absolute atomic E-state index is 0.368. The van der Waals surface area contributed by atoms with Crippen LogP contribution in [-0.4, -0.2) is 17.7 Å². The summed E-state index contributed by atoms with van der Waals surface area (Å²) in [4.78, 5) is 0. The highest BCUT2D eigenvalue weighted by Crippen LogP contribution is 2.17. The first-order chi connectivity index (χ1) is 10.2. The number of nitrogens with zero attached hydrogens (tertiary/aromatic N) is 1. The van der Waals surface area contributed by atoms with Gasteiger partial charge in [0.25, 0.3) is 0 Å². The third-order valence-corrected chi connectivity index (χ3v) is 3.95. The molecule has 0 saturated carbocycles. The third-order valence-electron chi connectivity index (χ3n) is 3.42. The van der Waals surface area contributed by atoms with Crippen LogP contribution in [0.4, 0.5) is 0 Å². The van der Waals surface area contributed by atoms with Crippen molar-refractivity contribution in [2.45, 2.75) is 32.9 Å². The van der Waals surface area contributed by atoms with Gasteiger partial charge in [-0.1, -0.05) is 22.9 Å². The molecular formula is C17H23BrN2O. The second kappa shape index (κ2) is 8.25. The van der Waals surface area contributed by atoms with E-state index in [0.717, 1.165) is 29.7 Å². The van der Waals surface area contributed by atoms with Crippen molar-refractivity contribution in [3.05, 3.63) is 52.8 Å². The second-order valence-electron chi connectivity index (χ2n) is 5.10. The van der Waals surface area contributed by atoms with Crippen molar-refractivity contribution in [3.63, 3.8) is 0 Å². The number of rotatable bonds is 8. The van der Waals surface area contributed by atoms with Crippen molar-refractivity contribution in [2.24, 2.45) is 0 Å². The molecule has 3 nitrogen and oxygen atoms in total. The number of hydrogen-bond donors (Lipinski definition) is 1. The van der Waals surface area contributed by atoms with Crippen LogP contribution in [0.3, 0.4) is 0 Å². The molecule has 4 heteroatoms. The minimum atomic E-state index is 0.368. The average molecular weight is 351 g/mol. The Balaban J connectivity index is 1.86. The summed E-state index contributed by atoms with van der Waals surface area (Å²) in [6.45, 7) is 6.96. The standard InChI is InChI=1S/C17H23BrN2O/c1-3-10-19-14(2)17-5-4-11-20(17)12-13-21-16-8-6-15(18)7-9-16/h4-9,11,14,19H,3,10,12-13H2,1-2H3. The lowest BCUT2D eigenvalue weighted by Gasteiger charge is -2.17. The molecule has 2 aromatic rings. The van der Waals surface area contributed by atoms with Gasteiger partial charge in [0.2, 0.25) is 0 Å². The van der Waals surface area contributed by atoms with Gasteiger partial charge >= 0.3 is 0 Å². The zero-order valence-corrected chi connectivity index (χ0v) is 14.3. The van der Waals surface area contributed by atoms with Gasteiger partial charge in [-0.2, -0.15) is 0 Å². The molecule has 1 aromatic heterocycles. The first kappa shape index (κ1) is 16.1. The van der Waals surface area contributed by atoms with Gasteiger partial charge in [0.05, 0.1) is 6.54 Å². The Bertz CT molecular complexity index is 536. The van der Waals surface area contributed by atoms with E-state index in [9.17, 15) is 0 Å². The summed E-state index contributed by atoms with van der Waals surface area (Å²) in [5, 5.41) is 3.52. The lowest BCUT2D eigenvalue weighted by atomic mass is 10.2. The second-order valence-corrected chi connectivity index (χ2v) is 6.02. The van der Waals surface area contributed by atoms with Crippen LogP contribution in [0.15, 0.2) is 47.1 Å². The van der Waals surface area contributed by atoms with Gasteiger partial charge in [-0.05, 0) is 56.3 Å². The smallest absolute Gasteiger partial charge is 0.119 e. The van der Waals surface area contributed by atoms with Gasteiger partial charge in [-0.25, -0.2) is 0 Å². The average Bonchev–Trinajstić information content (AvgIpc) is 2.95. The number of nitrogens with one attached hydrogen (secondary N) is 1. The van der Waals surface area contributed by atoms with E-state index in [-0.39, 0.29) is 0 Å². The topological polar surface area (TPSA) is 26.2 Å². The molecule has 21 heavy (non-hydrogen) atoms. The Hall–Kier alpha value is -1.26. The molecule has 0 saturated heterocycles. The molecule has 0 aliphatic carbocycles. The monoisotopic (exact) mass is 350 g/mol. The summed E-state index contributed by atoms with van der Waals surface area (Å²) in [6.07, 6.45) is 3.27. The molecule has 1 unspecified atom stereocenters. The van der Waals surface area contributed by atoms with Crippen molar-refractivity contribution in [3.8, 4) is 5.75 Å². The molecule has 0 spiro atoms. The maximum Gasteiger partial charge on any atom is 0.119 e. The Kier molecular flexibility index (Phi) is 6.33. The fourth-order valence-electron chi connectivity index (χ4n) is 2.28. The van der Waals surface area contributed by atoms with E-state index in [4.69, 9.17) is 4.74 Å². The maximum atomic E-state index is 5.79. The number of ether oxygens (including phenoxy) is 1. The molecule has 2 rings (SSSR count). The molecule has 0 amide bonds. The van der Waals surface area contributed by atoms with Crippen LogP contribution in [0.5, 0.6) is 5.75 Å². The van der Waals surface area contributed by atoms with Gasteiger partial charge in [-0.15, -0.1) is 0 Å². The van der Waals surface area contributed by atoms with E-state index < -0.39 is 0 Å². The summed E-state index contributed by atoms with van der Waals surface area (Å²) >= 11 is 3.42. The molecule has 1 atom stereocenters. The number of hydrogen-bond acceptors (Lipinski definition) is 2. The van der Waals surface area contributed by atoms with Gasteiger partial charge < -0.3 is 14.6 Å². The van der Waals surface area contributed by atoms with Crippen LogP contribution in [0, 0.1) is 0 Å². The third kappa shape index (κ3) is 4.90. The zero-order chi connectivity index (χ0) is 15.1. The first-order valence-corrected chi connectivity index (χ1v) is 8.26. The number of aromatic nitrogens is 1. The molecule has 0 aliphatic rings. The van der Waals surface area contributed by atoms with Crippen molar-refractivity contribution in [1.29, 1.82) is 0 Å². The fourth-order valence-corrected chi connectivity index (χ4v) is 2.55. The normalized spacial score (nSPS) is 12.3. The lowest BCUT2D eigenvalue weighted by molar-refractivity contribution is 0.295. The number of halogens is 1. The molecule has 1 N–H and O–H groups in total. The first-order valence-electron chi connectivity index (χ1n) is 7.47. The highest BCUT2D eigenvalue weighted by molar-refractivity contribution is 9.10. The summed E-state index contributed by atoms with van der Waals surface area (Å²) in [6, 6.07) is 12.6.